The number of carbonyl (C=O) groups excluding carboxylic acids is 1. The van der Waals surface area contributed by atoms with E-state index in [4.69, 9.17) is 4.74 Å². The van der Waals surface area contributed by atoms with Gasteiger partial charge in [-0.3, -0.25) is 10.1 Å². The number of carbonyl (C=O) groups is 1. The molecule has 0 spiro atoms. The van der Waals surface area contributed by atoms with Crippen molar-refractivity contribution in [2.75, 3.05) is 11.9 Å². The number of aromatic nitrogens is 2. The zero-order valence-electron chi connectivity index (χ0n) is 15.1. The van der Waals surface area contributed by atoms with Crippen molar-refractivity contribution < 1.29 is 9.53 Å². The van der Waals surface area contributed by atoms with Gasteiger partial charge in [0, 0.05) is 5.56 Å². The first-order valence-corrected chi connectivity index (χ1v) is 10.5. The number of nitrogens with one attached hydrogen (secondary N) is 1. The molecule has 0 unspecified atom stereocenters. The van der Waals surface area contributed by atoms with E-state index < -0.39 is 0 Å². The number of benzene rings is 2. The fourth-order valence-electron chi connectivity index (χ4n) is 2.74. The minimum Gasteiger partial charge on any atom is -0.494 e. The monoisotopic (exact) mass is 397 g/mol. The summed E-state index contributed by atoms with van der Waals surface area (Å²) in [7, 11) is 0. The number of nitrogens with zero attached hydrogens (tertiary/aromatic N) is 2. The van der Waals surface area contributed by atoms with E-state index >= 15 is 0 Å². The summed E-state index contributed by atoms with van der Waals surface area (Å²) in [6.45, 7) is 4.81. The summed E-state index contributed by atoms with van der Waals surface area (Å²) < 4.78 is 7.82. The third-order valence-electron chi connectivity index (χ3n) is 4.12. The largest absolute Gasteiger partial charge is 0.494 e. The first-order chi connectivity index (χ1) is 13.1. The van der Waals surface area contributed by atoms with Gasteiger partial charge in [0.2, 0.25) is 0 Å². The molecule has 0 radical (unpaired) electrons. The lowest BCUT2D eigenvalue weighted by molar-refractivity contribution is 0.102. The summed E-state index contributed by atoms with van der Waals surface area (Å²) in [4.78, 5) is 21.6. The second kappa shape index (κ2) is 7.62. The van der Waals surface area contributed by atoms with Gasteiger partial charge >= 0.3 is 0 Å². The van der Waals surface area contributed by atoms with Gasteiger partial charge in [0.15, 0.2) is 5.13 Å². The third kappa shape index (κ3) is 3.79. The number of hydrogen-bond acceptors (Lipinski definition) is 6. The minimum absolute atomic E-state index is 0.175. The van der Waals surface area contributed by atoms with Crippen LogP contribution in [0.1, 0.15) is 35.1 Å². The molecule has 1 amide bonds. The summed E-state index contributed by atoms with van der Waals surface area (Å²) >= 11 is 3.14. The second-order valence-electron chi connectivity index (χ2n) is 6.19. The number of unbranched alkanes of at least 4 members (excludes halogenated alkanes) is 1. The van der Waals surface area contributed by atoms with Crippen molar-refractivity contribution in [1.29, 1.82) is 0 Å². The molecule has 0 atom stereocenters. The van der Waals surface area contributed by atoms with E-state index in [-0.39, 0.29) is 5.91 Å². The van der Waals surface area contributed by atoms with E-state index in [2.05, 4.69) is 22.2 Å². The molecule has 0 fully saturated rings. The van der Waals surface area contributed by atoms with E-state index in [1.54, 1.807) is 23.5 Å². The van der Waals surface area contributed by atoms with E-state index in [1.165, 1.54) is 11.3 Å². The van der Waals surface area contributed by atoms with Crippen LogP contribution in [0, 0.1) is 6.92 Å². The molecule has 0 bridgehead atoms. The predicted molar refractivity (Wildman–Crippen MR) is 112 cm³/mol. The molecule has 0 aliphatic heterocycles. The van der Waals surface area contributed by atoms with Crippen molar-refractivity contribution in [3.8, 4) is 5.75 Å². The Balaban J connectivity index is 1.51. The van der Waals surface area contributed by atoms with Gasteiger partial charge in [-0.15, -0.1) is 11.3 Å². The van der Waals surface area contributed by atoms with Crippen LogP contribution in [0.25, 0.3) is 20.4 Å². The first kappa shape index (κ1) is 17.9. The smallest absolute Gasteiger partial charge is 0.257 e. The minimum atomic E-state index is -0.175. The Kier molecular flexibility index (Phi) is 5.05. The van der Waals surface area contributed by atoms with Crippen LogP contribution in [-0.2, 0) is 0 Å². The number of aryl methyl sites for hydroxylation is 1. The molecule has 2 aromatic heterocycles. The second-order valence-corrected chi connectivity index (χ2v) is 8.40. The zero-order chi connectivity index (χ0) is 18.8. The highest BCUT2D eigenvalue weighted by Gasteiger charge is 2.13. The topological polar surface area (TPSA) is 64.1 Å². The first-order valence-electron chi connectivity index (χ1n) is 8.85. The molecule has 4 aromatic rings. The Morgan fingerprint density at radius 2 is 1.74 bits per heavy atom. The number of rotatable bonds is 6. The third-order valence-corrected chi connectivity index (χ3v) is 6.26. The van der Waals surface area contributed by atoms with E-state index in [9.17, 15) is 4.79 Å². The fraction of sp³-hybridized carbons (Fsp3) is 0.250. The van der Waals surface area contributed by atoms with Crippen molar-refractivity contribution in [3.63, 3.8) is 0 Å². The number of fused-ring (bicyclic) bond motifs is 3. The number of amides is 1. The van der Waals surface area contributed by atoms with Crippen molar-refractivity contribution >= 4 is 54.1 Å². The van der Waals surface area contributed by atoms with Crippen LogP contribution in [0.15, 0.2) is 36.4 Å². The number of ether oxygens (including phenoxy) is 1. The standard InChI is InChI=1S/C20H19N3O2S2/c1-3-4-11-25-14-7-5-13(6-8-14)19(24)23-20-22-16-10-9-15-17(18(16)27-20)26-12(2)21-15/h5-10H,3-4,11H2,1-2H3,(H,22,23,24). The van der Waals surface area contributed by atoms with Crippen molar-refractivity contribution in [1.82, 2.24) is 9.97 Å². The summed E-state index contributed by atoms with van der Waals surface area (Å²) in [6.07, 6.45) is 2.11. The van der Waals surface area contributed by atoms with Crippen LogP contribution in [-0.4, -0.2) is 22.5 Å². The predicted octanol–water partition coefficient (Wildman–Crippen LogP) is 5.65. The van der Waals surface area contributed by atoms with Crippen LogP contribution in [0.3, 0.4) is 0 Å². The van der Waals surface area contributed by atoms with Crippen LogP contribution >= 0.6 is 22.7 Å². The van der Waals surface area contributed by atoms with Crippen molar-refractivity contribution in [3.05, 3.63) is 47.0 Å². The molecule has 2 heterocycles. The Labute approximate surface area is 165 Å². The highest BCUT2D eigenvalue weighted by Crippen LogP contribution is 2.35. The molecule has 0 aliphatic carbocycles. The normalized spacial score (nSPS) is 11.2. The number of anilines is 1. The Morgan fingerprint density at radius 3 is 2.48 bits per heavy atom. The molecule has 5 nitrogen and oxygen atoms in total. The van der Waals surface area contributed by atoms with Crippen LogP contribution in [0.5, 0.6) is 5.75 Å². The maximum Gasteiger partial charge on any atom is 0.257 e. The molecule has 27 heavy (non-hydrogen) atoms. The molecule has 1 N–H and O–H groups in total. The van der Waals surface area contributed by atoms with Gasteiger partial charge in [0.05, 0.1) is 32.0 Å². The van der Waals surface area contributed by atoms with Gasteiger partial charge in [-0.25, -0.2) is 9.97 Å². The molecule has 138 valence electrons. The molecule has 7 heteroatoms. The Hall–Kier alpha value is -2.51. The maximum absolute atomic E-state index is 12.5. The van der Waals surface area contributed by atoms with Gasteiger partial charge in [-0.2, -0.15) is 0 Å². The fourth-order valence-corrected chi connectivity index (χ4v) is 4.75. The van der Waals surface area contributed by atoms with E-state index in [0.29, 0.717) is 17.3 Å². The lowest BCUT2D eigenvalue weighted by Gasteiger charge is -2.06. The average Bonchev–Trinajstić information content (AvgIpc) is 3.24. The van der Waals surface area contributed by atoms with Crippen molar-refractivity contribution in [2.45, 2.75) is 26.7 Å². The van der Waals surface area contributed by atoms with Crippen LogP contribution in [0.4, 0.5) is 5.13 Å². The van der Waals surface area contributed by atoms with Gasteiger partial charge in [-0.05, 0) is 49.7 Å². The quantitative estimate of drug-likeness (QED) is 0.427. The van der Waals surface area contributed by atoms with E-state index in [1.807, 2.05) is 31.2 Å². The van der Waals surface area contributed by atoms with Gasteiger partial charge in [0.1, 0.15) is 5.75 Å². The van der Waals surface area contributed by atoms with E-state index in [0.717, 1.165) is 44.0 Å². The summed E-state index contributed by atoms with van der Waals surface area (Å²) in [6, 6.07) is 11.1. The average molecular weight is 398 g/mol. The summed E-state index contributed by atoms with van der Waals surface area (Å²) in [5, 5.41) is 4.52. The number of hydrogen-bond donors (Lipinski definition) is 1. The van der Waals surface area contributed by atoms with Gasteiger partial charge in [-0.1, -0.05) is 24.7 Å². The van der Waals surface area contributed by atoms with Crippen LogP contribution < -0.4 is 10.1 Å². The summed E-state index contributed by atoms with van der Waals surface area (Å²) in [5.41, 5.74) is 2.44. The van der Waals surface area contributed by atoms with Gasteiger partial charge in [0.25, 0.3) is 5.91 Å². The lowest BCUT2D eigenvalue weighted by atomic mass is 10.2. The molecule has 0 aliphatic rings. The Bertz CT molecular complexity index is 1100. The molecular formula is C20H19N3O2S2. The highest BCUT2D eigenvalue weighted by molar-refractivity contribution is 7.28. The SMILES string of the molecule is CCCCOc1ccc(C(=O)Nc2nc3ccc4nc(C)sc4c3s2)cc1. The van der Waals surface area contributed by atoms with Crippen LogP contribution in [0.2, 0.25) is 0 Å². The molecule has 4 rings (SSSR count). The van der Waals surface area contributed by atoms with Gasteiger partial charge < -0.3 is 4.74 Å². The zero-order valence-corrected chi connectivity index (χ0v) is 16.7. The number of thiazole rings is 2. The molecule has 0 saturated carbocycles. The maximum atomic E-state index is 12.5. The molecule has 0 saturated heterocycles. The Morgan fingerprint density at radius 1 is 1.04 bits per heavy atom. The highest BCUT2D eigenvalue weighted by atomic mass is 32.1. The lowest BCUT2D eigenvalue weighted by Crippen LogP contribution is -2.11. The van der Waals surface area contributed by atoms with Crippen molar-refractivity contribution in [2.24, 2.45) is 0 Å². The molecule has 2 aromatic carbocycles. The summed E-state index contributed by atoms with van der Waals surface area (Å²) in [5.74, 6) is 0.605. The molecular weight excluding hydrogens is 378 g/mol.